The van der Waals surface area contributed by atoms with Gasteiger partial charge in [0.2, 0.25) is 0 Å². The lowest BCUT2D eigenvalue weighted by Crippen LogP contribution is -2.39. The molecule has 6 heteroatoms. The first-order valence-corrected chi connectivity index (χ1v) is 8.06. The molecule has 0 radical (unpaired) electrons. The molecule has 0 spiro atoms. The van der Waals surface area contributed by atoms with Crippen molar-refractivity contribution in [1.82, 2.24) is 9.13 Å². The summed E-state index contributed by atoms with van der Waals surface area (Å²) < 4.78 is 3.69. The molecule has 0 aliphatic carbocycles. The molecule has 0 fully saturated rings. The molecular formula is C16H12ClIN2O2. The summed E-state index contributed by atoms with van der Waals surface area (Å²) in [7, 11) is 1.67. The molecule has 0 aliphatic rings. The zero-order chi connectivity index (χ0) is 15.9. The van der Waals surface area contributed by atoms with Gasteiger partial charge in [-0.3, -0.25) is 13.9 Å². The number of benzene rings is 2. The zero-order valence-corrected chi connectivity index (χ0v) is 14.6. The monoisotopic (exact) mass is 426 g/mol. The average molecular weight is 427 g/mol. The van der Waals surface area contributed by atoms with Gasteiger partial charge in [-0.25, -0.2) is 4.79 Å². The smallest absolute Gasteiger partial charge is 0.296 e. The first-order valence-electron chi connectivity index (χ1n) is 6.61. The normalized spacial score (nSPS) is 11.0. The highest BCUT2D eigenvalue weighted by atomic mass is 127. The minimum Gasteiger partial charge on any atom is -0.296 e. The molecule has 0 bridgehead atoms. The second-order valence-electron chi connectivity index (χ2n) is 5.02. The minimum atomic E-state index is -0.335. The van der Waals surface area contributed by atoms with Crippen molar-refractivity contribution in [3.63, 3.8) is 0 Å². The van der Waals surface area contributed by atoms with Crippen LogP contribution in [0.15, 0.2) is 52.1 Å². The van der Waals surface area contributed by atoms with Gasteiger partial charge < -0.3 is 0 Å². The van der Waals surface area contributed by atoms with E-state index in [1.807, 2.05) is 12.1 Å². The fourth-order valence-electron chi connectivity index (χ4n) is 2.45. The molecule has 112 valence electrons. The van der Waals surface area contributed by atoms with Crippen molar-refractivity contribution in [3.8, 4) is 0 Å². The van der Waals surface area contributed by atoms with E-state index in [1.165, 1.54) is 9.13 Å². The van der Waals surface area contributed by atoms with E-state index >= 15 is 0 Å². The van der Waals surface area contributed by atoms with E-state index in [9.17, 15) is 9.59 Å². The molecule has 1 heterocycles. The Labute approximate surface area is 145 Å². The van der Waals surface area contributed by atoms with Crippen LogP contribution < -0.4 is 11.2 Å². The number of halogens is 2. The van der Waals surface area contributed by atoms with E-state index in [0.29, 0.717) is 15.9 Å². The number of hydrogen-bond acceptors (Lipinski definition) is 2. The van der Waals surface area contributed by atoms with Crippen molar-refractivity contribution < 1.29 is 0 Å². The Balaban J connectivity index is 2.26. The van der Waals surface area contributed by atoms with Crippen LogP contribution in [0.1, 0.15) is 5.56 Å². The lowest BCUT2D eigenvalue weighted by molar-refractivity contribution is 0.660. The van der Waals surface area contributed by atoms with Gasteiger partial charge in [-0.2, -0.15) is 0 Å². The van der Waals surface area contributed by atoms with Gasteiger partial charge in [-0.15, -0.1) is 0 Å². The maximum atomic E-state index is 12.7. The molecule has 0 N–H and O–H groups in total. The molecule has 4 nitrogen and oxygen atoms in total. The highest BCUT2D eigenvalue weighted by Gasteiger charge is 2.11. The molecule has 0 amide bonds. The van der Waals surface area contributed by atoms with Gasteiger partial charge in [-0.05, 0) is 58.5 Å². The van der Waals surface area contributed by atoms with Crippen LogP contribution in [-0.4, -0.2) is 9.13 Å². The second kappa shape index (κ2) is 5.89. The third-order valence-corrected chi connectivity index (χ3v) is 4.45. The van der Waals surface area contributed by atoms with Crippen LogP contribution in [-0.2, 0) is 13.6 Å². The lowest BCUT2D eigenvalue weighted by Gasteiger charge is -2.11. The third kappa shape index (κ3) is 2.70. The third-order valence-electron chi connectivity index (χ3n) is 3.54. The molecule has 0 atom stereocenters. The van der Waals surface area contributed by atoms with Crippen LogP contribution in [0.5, 0.6) is 0 Å². The summed E-state index contributed by atoms with van der Waals surface area (Å²) in [4.78, 5) is 25.1. The number of hydrogen-bond donors (Lipinski definition) is 0. The van der Waals surface area contributed by atoms with Crippen molar-refractivity contribution >= 4 is 45.1 Å². The molecule has 2 aromatic carbocycles. The Morgan fingerprint density at radius 1 is 1.14 bits per heavy atom. The second-order valence-corrected chi connectivity index (χ2v) is 6.71. The van der Waals surface area contributed by atoms with Crippen molar-refractivity contribution in [2.24, 2.45) is 7.05 Å². The highest BCUT2D eigenvalue weighted by Crippen LogP contribution is 2.14. The maximum absolute atomic E-state index is 12.7. The predicted molar refractivity (Wildman–Crippen MR) is 96.7 cm³/mol. The van der Waals surface area contributed by atoms with E-state index in [2.05, 4.69) is 22.6 Å². The Morgan fingerprint density at radius 2 is 1.91 bits per heavy atom. The Hall–Kier alpha value is -1.60. The molecule has 22 heavy (non-hydrogen) atoms. The fourth-order valence-corrected chi connectivity index (χ4v) is 3.15. The quantitative estimate of drug-likeness (QED) is 0.591. The molecule has 0 saturated carbocycles. The van der Waals surface area contributed by atoms with Crippen LogP contribution in [0.2, 0.25) is 5.02 Å². The largest absolute Gasteiger partial charge is 0.331 e. The maximum Gasteiger partial charge on any atom is 0.331 e. The summed E-state index contributed by atoms with van der Waals surface area (Å²) in [6.45, 7) is 0.202. The van der Waals surface area contributed by atoms with Gasteiger partial charge in [0.25, 0.3) is 5.56 Å². The van der Waals surface area contributed by atoms with Gasteiger partial charge >= 0.3 is 5.69 Å². The molecule has 0 unspecified atom stereocenters. The summed E-state index contributed by atoms with van der Waals surface area (Å²) in [5.74, 6) is 0. The average Bonchev–Trinajstić information content (AvgIpc) is 2.49. The number of aryl methyl sites for hydroxylation is 1. The molecule has 0 aliphatic heterocycles. The van der Waals surface area contributed by atoms with Gasteiger partial charge in [0, 0.05) is 15.6 Å². The molecule has 3 rings (SSSR count). The van der Waals surface area contributed by atoms with E-state index in [0.717, 1.165) is 9.13 Å². The Morgan fingerprint density at radius 3 is 2.64 bits per heavy atom. The summed E-state index contributed by atoms with van der Waals surface area (Å²) in [5, 5.41) is 1.12. The number of rotatable bonds is 2. The summed E-state index contributed by atoms with van der Waals surface area (Å²) in [5.41, 5.74) is 0.838. The fraction of sp³-hybridized carbons (Fsp3) is 0.125. The van der Waals surface area contributed by atoms with Crippen molar-refractivity contribution in [1.29, 1.82) is 0 Å². The molecular weight excluding hydrogens is 415 g/mol. The summed E-state index contributed by atoms with van der Waals surface area (Å²) in [6.07, 6.45) is 0. The Bertz CT molecular complexity index is 992. The van der Waals surface area contributed by atoms with Crippen LogP contribution in [0.3, 0.4) is 0 Å². The molecule has 1 aromatic heterocycles. The minimum absolute atomic E-state index is 0.202. The SMILES string of the molecule is Cn1c(=O)n(Cc2cccc(Cl)c2)c(=O)c2cc(I)ccc21. The van der Waals surface area contributed by atoms with Crippen molar-refractivity contribution in [3.05, 3.63) is 77.5 Å². The standard InChI is InChI=1S/C16H12ClIN2O2/c1-19-14-6-5-12(18)8-13(14)15(21)20(16(19)22)9-10-3-2-4-11(17)7-10/h2-8H,9H2,1H3. The molecule has 0 saturated heterocycles. The topological polar surface area (TPSA) is 44.0 Å². The number of nitrogens with zero attached hydrogens (tertiary/aromatic N) is 2. The summed E-state index contributed by atoms with van der Waals surface area (Å²) >= 11 is 8.12. The Kier molecular flexibility index (Phi) is 4.10. The van der Waals surface area contributed by atoms with Crippen molar-refractivity contribution in [2.45, 2.75) is 6.54 Å². The first kappa shape index (κ1) is 15.3. The summed E-state index contributed by atoms with van der Waals surface area (Å²) in [6, 6.07) is 12.6. The van der Waals surface area contributed by atoms with Gasteiger partial charge in [0.05, 0.1) is 17.4 Å². The van der Waals surface area contributed by atoms with E-state index in [1.54, 1.807) is 37.4 Å². The van der Waals surface area contributed by atoms with Crippen LogP contribution >= 0.6 is 34.2 Å². The van der Waals surface area contributed by atoms with Gasteiger partial charge in [-0.1, -0.05) is 23.7 Å². The zero-order valence-electron chi connectivity index (χ0n) is 11.7. The van der Waals surface area contributed by atoms with Crippen LogP contribution in [0.25, 0.3) is 10.9 Å². The highest BCUT2D eigenvalue weighted by molar-refractivity contribution is 14.1. The van der Waals surface area contributed by atoms with Crippen LogP contribution in [0, 0.1) is 3.57 Å². The van der Waals surface area contributed by atoms with Gasteiger partial charge in [0.1, 0.15) is 0 Å². The number of aromatic nitrogens is 2. The lowest BCUT2D eigenvalue weighted by atomic mass is 10.2. The molecule has 3 aromatic rings. The van der Waals surface area contributed by atoms with E-state index in [4.69, 9.17) is 11.6 Å². The number of fused-ring (bicyclic) bond motifs is 1. The van der Waals surface area contributed by atoms with Crippen LogP contribution in [0.4, 0.5) is 0 Å². The van der Waals surface area contributed by atoms with E-state index < -0.39 is 0 Å². The predicted octanol–water partition coefficient (Wildman–Crippen LogP) is 3.01. The van der Waals surface area contributed by atoms with E-state index in [-0.39, 0.29) is 17.8 Å². The van der Waals surface area contributed by atoms with Gasteiger partial charge in [0.15, 0.2) is 0 Å². The first-order chi connectivity index (χ1) is 10.5. The van der Waals surface area contributed by atoms with Crippen molar-refractivity contribution in [2.75, 3.05) is 0 Å².